The lowest BCUT2D eigenvalue weighted by atomic mass is 10.1. The van der Waals surface area contributed by atoms with E-state index >= 15 is 0 Å². The Hall–Kier alpha value is -2.05. The summed E-state index contributed by atoms with van der Waals surface area (Å²) in [5, 5.41) is 11.4. The molecule has 0 spiro atoms. The Balaban J connectivity index is 2.69. The van der Waals surface area contributed by atoms with Crippen molar-refractivity contribution in [1.82, 2.24) is 0 Å². The van der Waals surface area contributed by atoms with Crippen LogP contribution in [-0.2, 0) is 15.8 Å². The third-order valence-corrected chi connectivity index (χ3v) is 1.68. The zero-order chi connectivity index (χ0) is 12.9. The maximum Gasteiger partial charge on any atom is 0.416 e. The molecule has 1 aromatic rings. The molecule has 0 amide bonds. The molecule has 1 N–H and O–H groups in total. The highest BCUT2D eigenvalue weighted by Crippen LogP contribution is 2.29. The number of carboxylic acids is 1. The van der Waals surface area contributed by atoms with E-state index in [-0.39, 0.29) is 5.56 Å². The van der Waals surface area contributed by atoms with E-state index in [2.05, 4.69) is 9.99 Å². The van der Waals surface area contributed by atoms with Crippen molar-refractivity contribution in [3.63, 3.8) is 0 Å². The summed E-state index contributed by atoms with van der Waals surface area (Å²) in [5.74, 6) is -1.22. The summed E-state index contributed by atoms with van der Waals surface area (Å²) in [6, 6.07) is 4.42. The lowest BCUT2D eigenvalue weighted by Crippen LogP contribution is -2.05. The number of alkyl halides is 3. The molecule has 0 aromatic heterocycles. The number of rotatable bonds is 4. The Morgan fingerprint density at radius 3 is 2.76 bits per heavy atom. The Morgan fingerprint density at radius 2 is 2.18 bits per heavy atom. The van der Waals surface area contributed by atoms with Crippen LogP contribution in [0, 0.1) is 0 Å². The fraction of sp³-hybridized carbons (Fsp3) is 0.200. The van der Waals surface area contributed by atoms with E-state index in [1.54, 1.807) is 0 Å². The zero-order valence-electron chi connectivity index (χ0n) is 8.44. The van der Waals surface area contributed by atoms with Gasteiger partial charge in [-0.25, -0.2) is 4.79 Å². The maximum absolute atomic E-state index is 12.3. The third kappa shape index (κ3) is 4.54. The number of aliphatic carboxylic acids is 1. The van der Waals surface area contributed by atoms with Crippen LogP contribution < -0.4 is 0 Å². The van der Waals surface area contributed by atoms with Crippen LogP contribution in [0.4, 0.5) is 13.2 Å². The van der Waals surface area contributed by atoms with Gasteiger partial charge >= 0.3 is 12.1 Å². The van der Waals surface area contributed by atoms with Gasteiger partial charge in [-0.15, -0.1) is 0 Å². The zero-order valence-corrected chi connectivity index (χ0v) is 8.44. The van der Waals surface area contributed by atoms with Crippen molar-refractivity contribution in [1.29, 1.82) is 0 Å². The largest absolute Gasteiger partial charge is 0.479 e. The molecule has 7 heteroatoms. The second-order valence-corrected chi connectivity index (χ2v) is 3.02. The first kappa shape index (κ1) is 13.0. The summed E-state index contributed by atoms with van der Waals surface area (Å²) >= 11 is 0. The van der Waals surface area contributed by atoms with Crippen molar-refractivity contribution in [2.75, 3.05) is 6.61 Å². The molecule has 0 unspecified atom stereocenters. The molecular weight excluding hydrogens is 239 g/mol. The van der Waals surface area contributed by atoms with Gasteiger partial charge in [-0.1, -0.05) is 17.3 Å². The molecule has 0 aliphatic rings. The minimum absolute atomic E-state index is 0.171. The normalized spacial score (nSPS) is 11.7. The van der Waals surface area contributed by atoms with Crippen molar-refractivity contribution in [3.05, 3.63) is 35.4 Å². The summed E-state index contributed by atoms with van der Waals surface area (Å²) in [6.45, 7) is -0.643. The van der Waals surface area contributed by atoms with Crippen LogP contribution in [0.1, 0.15) is 11.1 Å². The van der Waals surface area contributed by atoms with Crippen LogP contribution in [0.2, 0.25) is 0 Å². The Labute approximate surface area is 94.3 Å². The van der Waals surface area contributed by atoms with Gasteiger partial charge in [-0.05, 0) is 17.7 Å². The molecule has 0 atom stereocenters. The van der Waals surface area contributed by atoms with Gasteiger partial charge in [0.15, 0.2) is 0 Å². The third-order valence-electron chi connectivity index (χ3n) is 1.68. The Bertz CT molecular complexity index is 429. The molecule has 1 rings (SSSR count). The molecule has 0 aliphatic heterocycles. The number of oxime groups is 1. The van der Waals surface area contributed by atoms with Gasteiger partial charge in [0.05, 0.1) is 11.8 Å². The predicted octanol–water partition coefficient (Wildman–Crippen LogP) is 2.14. The molecule has 1 aromatic carbocycles. The fourth-order valence-electron chi connectivity index (χ4n) is 0.986. The van der Waals surface area contributed by atoms with Crippen LogP contribution in [-0.4, -0.2) is 23.9 Å². The molecule has 0 saturated heterocycles. The SMILES string of the molecule is O=C(O)CON=Cc1cccc(C(F)(F)F)c1. The molecule has 0 heterocycles. The van der Waals surface area contributed by atoms with Crippen LogP contribution in [0.15, 0.2) is 29.4 Å². The highest BCUT2D eigenvalue weighted by Gasteiger charge is 2.30. The van der Waals surface area contributed by atoms with Gasteiger partial charge < -0.3 is 9.94 Å². The monoisotopic (exact) mass is 247 g/mol. The fourth-order valence-corrected chi connectivity index (χ4v) is 0.986. The number of hydrogen-bond acceptors (Lipinski definition) is 3. The molecule has 0 bridgehead atoms. The molecule has 0 fully saturated rings. The average Bonchev–Trinajstić information content (AvgIpc) is 2.23. The van der Waals surface area contributed by atoms with Gasteiger partial charge in [0.1, 0.15) is 0 Å². The second-order valence-electron chi connectivity index (χ2n) is 3.02. The average molecular weight is 247 g/mol. The Kier molecular flexibility index (Phi) is 4.08. The first-order valence-electron chi connectivity index (χ1n) is 4.44. The van der Waals surface area contributed by atoms with E-state index in [1.165, 1.54) is 12.1 Å². The van der Waals surface area contributed by atoms with E-state index < -0.39 is 24.3 Å². The van der Waals surface area contributed by atoms with Gasteiger partial charge in [-0.3, -0.25) is 0 Å². The number of hydrogen-bond donors (Lipinski definition) is 1. The summed E-state index contributed by atoms with van der Waals surface area (Å²) in [5.41, 5.74) is -0.634. The van der Waals surface area contributed by atoms with Crippen LogP contribution in [0.25, 0.3) is 0 Å². The van der Waals surface area contributed by atoms with Crippen molar-refractivity contribution in [3.8, 4) is 0 Å². The highest BCUT2D eigenvalue weighted by atomic mass is 19.4. The van der Waals surface area contributed by atoms with Crippen LogP contribution in [0.5, 0.6) is 0 Å². The van der Waals surface area contributed by atoms with E-state index in [9.17, 15) is 18.0 Å². The minimum Gasteiger partial charge on any atom is -0.479 e. The second kappa shape index (κ2) is 5.33. The molecule has 4 nitrogen and oxygen atoms in total. The van der Waals surface area contributed by atoms with Crippen molar-refractivity contribution >= 4 is 12.2 Å². The van der Waals surface area contributed by atoms with Gasteiger partial charge in [0, 0.05) is 0 Å². The lowest BCUT2D eigenvalue weighted by molar-refractivity contribution is -0.142. The van der Waals surface area contributed by atoms with E-state index in [0.717, 1.165) is 18.3 Å². The minimum atomic E-state index is -4.42. The van der Waals surface area contributed by atoms with E-state index in [4.69, 9.17) is 5.11 Å². The first-order valence-corrected chi connectivity index (χ1v) is 4.44. The van der Waals surface area contributed by atoms with Crippen molar-refractivity contribution in [2.45, 2.75) is 6.18 Å². The smallest absolute Gasteiger partial charge is 0.416 e. The predicted molar refractivity (Wildman–Crippen MR) is 52.6 cm³/mol. The maximum atomic E-state index is 12.3. The number of benzene rings is 1. The molecular formula is C10H8F3NO3. The summed E-state index contributed by atoms with van der Waals surface area (Å²) in [4.78, 5) is 14.4. The summed E-state index contributed by atoms with van der Waals surface area (Å²) in [7, 11) is 0. The van der Waals surface area contributed by atoms with Crippen molar-refractivity contribution < 1.29 is 27.9 Å². The molecule has 0 aliphatic carbocycles. The topological polar surface area (TPSA) is 58.9 Å². The lowest BCUT2D eigenvalue weighted by Gasteiger charge is -2.06. The number of carboxylic acid groups (broad SMARTS) is 1. The molecule has 92 valence electrons. The van der Waals surface area contributed by atoms with Gasteiger partial charge in [0.25, 0.3) is 0 Å². The molecule has 0 radical (unpaired) electrons. The Morgan fingerprint density at radius 1 is 1.47 bits per heavy atom. The van der Waals surface area contributed by atoms with Crippen LogP contribution >= 0.6 is 0 Å². The highest BCUT2D eigenvalue weighted by molar-refractivity contribution is 5.79. The quantitative estimate of drug-likeness (QED) is 0.655. The van der Waals surface area contributed by atoms with Crippen molar-refractivity contribution in [2.24, 2.45) is 5.16 Å². The van der Waals surface area contributed by atoms with E-state index in [1.807, 2.05) is 0 Å². The first-order chi connectivity index (χ1) is 7.89. The molecule has 0 saturated carbocycles. The number of nitrogens with zero attached hydrogens (tertiary/aromatic N) is 1. The van der Waals surface area contributed by atoms with Crippen LogP contribution in [0.3, 0.4) is 0 Å². The van der Waals surface area contributed by atoms with Gasteiger partial charge in [-0.2, -0.15) is 13.2 Å². The van der Waals surface area contributed by atoms with E-state index in [0.29, 0.717) is 0 Å². The standard InChI is InChI=1S/C10H8F3NO3/c11-10(12,13)8-3-1-2-7(4-8)5-14-17-6-9(15)16/h1-5H,6H2,(H,15,16). The molecule has 17 heavy (non-hydrogen) atoms. The van der Waals surface area contributed by atoms with Gasteiger partial charge in [0.2, 0.25) is 6.61 Å². The summed E-state index contributed by atoms with van der Waals surface area (Å²) < 4.78 is 36.9. The summed E-state index contributed by atoms with van der Waals surface area (Å²) in [6.07, 6.45) is -3.41. The number of halogens is 3. The number of carbonyl (C=O) groups is 1.